The highest BCUT2D eigenvalue weighted by atomic mass is 15.1. The van der Waals surface area contributed by atoms with Crippen LogP contribution in [0.25, 0.3) is 65.7 Å². The molecule has 0 aliphatic heterocycles. The second kappa shape index (κ2) is 11.8. The van der Waals surface area contributed by atoms with Gasteiger partial charge < -0.3 is 4.90 Å². The molecule has 0 amide bonds. The summed E-state index contributed by atoms with van der Waals surface area (Å²) < 4.78 is 0. The summed E-state index contributed by atoms with van der Waals surface area (Å²) >= 11 is 0. The van der Waals surface area contributed by atoms with Crippen LogP contribution in [0.15, 0.2) is 188 Å². The maximum Gasteiger partial charge on any atom is 0.0465 e. The Labute approximate surface area is 305 Å². The Morgan fingerprint density at radius 1 is 0.346 bits per heavy atom. The molecule has 1 aliphatic carbocycles. The molecule has 52 heavy (non-hydrogen) atoms. The molecule has 0 heterocycles. The van der Waals surface area contributed by atoms with E-state index in [2.05, 4.69) is 207 Å². The van der Waals surface area contributed by atoms with Crippen molar-refractivity contribution in [1.29, 1.82) is 0 Å². The lowest BCUT2D eigenvalue weighted by atomic mass is 9.81. The summed E-state index contributed by atoms with van der Waals surface area (Å²) in [4.78, 5) is 2.36. The topological polar surface area (TPSA) is 3.24 Å². The van der Waals surface area contributed by atoms with Gasteiger partial charge in [0.1, 0.15) is 0 Å². The zero-order valence-corrected chi connectivity index (χ0v) is 29.3. The third kappa shape index (κ3) is 4.70. The average molecular weight is 664 g/mol. The molecule has 0 N–H and O–H groups in total. The number of nitrogens with zero attached hydrogens (tertiary/aromatic N) is 1. The predicted octanol–water partition coefficient (Wildman–Crippen LogP) is 14.3. The van der Waals surface area contributed by atoms with Crippen LogP contribution in [-0.4, -0.2) is 0 Å². The van der Waals surface area contributed by atoms with Gasteiger partial charge in [-0.05, 0) is 131 Å². The van der Waals surface area contributed by atoms with Gasteiger partial charge >= 0.3 is 0 Å². The van der Waals surface area contributed by atoms with Gasteiger partial charge in [0.15, 0.2) is 0 Å². The molecule has 0 saturated carbocycles. The van der Waals surface area contributed by atoms with Gasteiger partial charge in [0.25, 0.3) is 0 Å². The number of hydrogen-bond acceptors (Lipinski definition) is 1. The van der Waals surface area contributed by atoms with E-state index in [-0.39, 0.29) is 5.41 Å². The fourth-order valence-corrected chi connectivity index (χ4v) is 8.71. The molecule has 0 bridgehead atoms. The molecule has 10 rings (SSSR count). The SMILES string of the molecule is CC1(C)c2cc(-c3cc4cc(-c5ccccc5)c5ccccc5c4c4ccccc34)ccc2-c2ccc(N(c3ccccc3)c3ccccc3)cc21. The number of anilines is 3. The van der Waals surface area contributed by atoms with Crippen molar-refractivity contribution in [2.45, 2.75) is 19.3 Å². The number of rotatable bonds is 5. The van der Waals surface area contributed by atoms with E-state index < -0.39 is 0 Å². The van der Waals surface area contributed by atoms with Crippen molar-refractivity contribution in [3.05, 3.63) is 199 Å². The zero-order chi connectivity index (χ0) is 34.8. The van der Waals surface area contributed by atoms with Crippen molar-refractivity contribution in [3.8, 4) is 33.4 Å². The maximum absolute atomic E-state index is 2.47. The van der Waals surface area contributed by atoms with Crippen molar-refractivity contribution in [1.82, 2.24) is 0 Å². The third-order valence-corrected chi connectivity index (χ3v) is 11.2. The lowest BCUT2D eigenvalue weighted by Crippen LogP contribution is -2.16. The maximum atomic E-state index is 2.47. The Morgan fingerprint density at radius 2 is 0.808 bits per heavy atom. The van der Waals surface area contributed by atoms with Gasteiger partial charge in [-0.25, -0.2) is 0 Å². The quantitative estimate of drug-likeness (QED) is 0.166. The Kier molecular flexibility index (Phi) is 6.91. The Balaban J connectivity index is 1.14. The molecule has 0 fully saturated rings. The molecule has 246 valence electrons. The van der Waals surface area contributed by atoms with Crippen molar-refractivity contribution >= 4 is 49.4 Å². The molecule has 0 aromatic heterocycles. The fourth-order valence-electron chi connectivity index (χ4n) is 8.71. The first-order chi connectivity index (χ1) is 25.6. The van der Waals surface area contributed by atoms with Crippen LogP contribution in [0.4, 0.5) is 17.1 Å². The summed E-state index contributed by atoms with van der Waals surface area (Å²) in [6.07, 6.45) is 0. The molecule has 9 aromatic carbocycles. The van der Waals surface area contributed by atoms with Gasteiger partial charge in [-0.1, -0.05) is 147 Å². The highest BCUT2D eigenvalue weighted by Crippen LogP contribution is 2.52. The van der Waals surface area contributed by atoms with E-state index in [0.29, 0.717) is 0 Å². The highest BCUT2D eigenvalue weighted by Gasteiger charge is 2.36. The molecule has 1 nitrogen and oxygen atoms in total. The molecule has 0 atom stereocenters. The number of benzene rings is 9. The summed E-state index contributed by atoms with van der Waals surface area (Å²) in [6.45, 7) is 4.77. The largest absolute Gasteiger partial charge is 0.310 e. The molecule has 0 radical (unpaired) electrons. The van der Waals surface area contributed by atoms with Crippen LogP contribution in [-0.2, 0) is 5.41 Å². The van der Waals surface area contributed by atoms with Crippen LogP contribution in [0.5, 0.6) is 0 Å². The van der Waals surface area contributed by atoms with Gasteiger partial charge in [-0.15, -0.1) is 0 Å². The van der Waals surface area contributed by atoms with Crippen LogP contribution in [0, 0.1) is 0 Å². The Bertz CT molecular complexity index is 2760. The number of hydrogen-bond donors (Lipinski definition) is 0. The van der Waals surface area contributed by atoms with Crippen LogP contribution in [0.2, 0.25) is 0 Å². The number of para-hydroxylation sites is 2. The predicted molar refractivity (Wildman–Crippen MR) is 222 cm³/mol. The van der Waals surface area contributed by atoms with Crippen LogP contribution >= 0.6 is 0 Å². The van der Waals surface area contributed by atoms with Gasteiger partial charge in [0.2, 0.25) is 0 Å². The Morgan fingerprint density at radius 3 is 1.38 bits per heavy atom. The third-order valence-electron chi connectivity index (χ3n) is 11.2. The van der Waals surface area contributed by atoms with Gasteiger partial charge in [-0.2, -0.15) is 0 Å². The minimum absolute atomic E-state index is 0.181. The molecular formula is C51H37N. The van der Waals surface area contributed by atoms with Crippen LogP contribution < -0.4 is 4.90 Å². The van der Waals surface area contributed by atoms with Gasteiger partial charge in [0.05, 0.1) is 0 Å². The van der Waals surface area contributed by atoms with E-state index in [1.54, 1.807) is 0 Å². The summed E-state index contributed by atoms with van der Waals surface area (Å²) in [5, 5.41) is 7.74. The molecule has 1 aliphatic rings. The van der Waals surface area contributed by atoms with Gasteiger partial charge in [-0.3, -0.25) is 0 Å². The molecule has 9 aromatic rings. The molecular weight excluding hydrogens is 627 g/mol. The first-order valence-electron chi connectivity index (χ1n) is 18.2. The van der Waals surface area contributed by atoms with E-state index in [9.17, 15) is 0 Å². The second-order valence-electron chi connectivity index (χ2n) is 14.5. The molecule has 0 spiro atoms. The minimum Gasteiger partial charge on any atom is -0.310 e. The van der Waals surface area contributed by atoms with E-state index in [0.717, 1.165) is 11.4 Å². The normalized spacial score (nSPS) is 13.0. The van der Waals surface area contributed by atoms with Crippen molar-refractivity contribution in [3.63, 3.8) is 0 Å². The molecule has 0 saturated heterocycles. The van der Waals surface area contributed by atoms with E-state index >= 15 is 0 Å². The second-order valence-corrected chi connectivity index (χ2v) is 14.5. The summed E-state index contributed by atoms with van der Waals surface area (Å²) in [7, 11) is 0. The highest BCUT2D eigenvalue weighted by molar-refractivity contribution is 6.25. The molecule has 1 heteroatoms. The van der Waals surface area contributed by atoms with E-state index in [1.807, 2.05) is 0 Å². The minimum atomic E-state index is -0.181. The average Bonchev–Trinajstić information content (AvgIpc) is 3.43. The Hall–Kier alpha value is -6.44. The first kappa shape index (κ1) is 30.4. The first-order valence-corrected chi connectivity index (χ1v) is 18.2. The summed E-state index contributed by atoms with van der Waals surface area (Å²) in [5.74, 6) is 0. The van der Waals surface area contributed by atoms with E-state index in [1.165, 1.54) is 82.5 Å². The van der Waals surface area contributed by atoms with E-state index in [4.69, 9.17) is 0 Å². The lowest BCUT2D eigenvalue weighted by molar-refractivity contribution is 0.660. The molecule has 0 unspecified atom stereocenters. The standard InChI is InChI=1S/C51H37N/c1-51(2)48-32-35(26-28-42(48)43-29-27-39(33-49(43)51)52(37-18-8-4-9-19-37)38-20-10-5-11-21-38)47-31-36-30-46(34-16-6-3-7-17-34)40-22-12-14-24-44(40)50(36)45-25-15-13-23-41(45)47/h3-33H,1-2H3. The van der Waals surface area contributed by atoms with Gasteiger partial charge in [0, 0.05) is 22.5 Å². The summed E-state index contributed by atoms with van der Waals surface area (Å²) in [6, 6.07) is 69.0. The zero-order valence-electron chi connectivity index (χ0n) is 29.3. The smallest absolute Gasteiger partial charge is 0.0465 e. The number of fused-ring (bicyclic) bond motifs is 8. The summed E-state index contributed by atoms with van der Waals surface area (Å²) in [5.41, 5.74) is 13.7. The lowest BCUT2D eigenvalue weighted by Gasteiger charge is -2.28. The van der Waals surface area contributed by atoms with Crippen LogP contribution in [0.3, 0.4) is 0 Å². The van der Waals surface area contributed by atoms with Crippen molar-refractivity contribution in [2.24, 2.45) is 0 Å². The van der Waals surface area contributed by atoms with Crippen molar-refractivity contribution < 1.29 is 0 Å². The fraction of sp³-hybridized carbons (Fsp3) is 0.0588. The van der Waals surface area contributed by atoms with Crippen molar-refractivity contribution in [2.75, 3.05) is 4.90 Å². The monoisotopic (exact) mass is 663 g/mol. The van der Waals surface area contributed by atoms with Crippen LogP contribution in [0.1, 0.15) is 25.0 Å².